The van der Waals surface area contributed by atoms with Gasteiger partial charge in [-0.3, -0.25) is 0 Å². The number of carbonyl (C=O) groups is 1. The Hall–Kier alpha value is -0.790. The summed E-state index contributed by atoms with van der Waals surface area (Å²) in [5.41, 5.74) is 1.08. The van der Waals surface area contributed by atoms with Gasteiger partial charge in [0, 0.05) is 6.08 Å². The van der Waals surface area contributed by atoms with Gasteiger partial charge in [-0.2, -0.15) is 0 Å². The van der Waals surface area contributed by atoms with Crippen LogP contribution in [0.3, 0.4) is 0 Å². The number of rotatable bonds is 2. The zero-order valence-corrected chi connectivity index (χ0v) is 9.47. The fourth-order valence-electron chi connectivity index (χ4n) is 0.660. The van der Waals surface area contributed by atoms with E-state index in [-0.39, 0.29) is 17.5 Å². The van der Waals surface area contributed by atoms with Gasteiger partial charge in [0.1, 0.15) is 0 Å². The van der Waals surface area contributed by atoms with Crippen molar-refractivity contribution in [3.05, 3.63) is 11.6 Å². The van der Waals surface area contributed by atoms with E-state index in [1.54, 1.807) is 6.08 Å². The lowest BCUT2D eigenvalue weighted by Crippen LogP contribution is -2.13. The molecule has 0 bridgehead atoms. The van der Waals surface area contributed by atoms with Gasteiger partial charge in [-0.05, 0) is 26.2 Å². The second-order valence-electron chi connectivity index (χ2n) is 4.56. The average Bonchev–Trinajstić information content (AvgIpc) is 1.82. The molecule has 76 valence electrons. The van der Waals surface area contributed by atoms with Crippen molar-refractivity contribution in [2.24, 2.45) is 5.41 Å². The standard InChI is InChI=1S/C11H20O2/c1-8(2)13-10(12)7-9(3)11(4,5)6/h7-8H,1-6H3. The molecule has 0 heterocycles. The minimum Gasteiger partial charge on any atom is -0.460 e. The first-order valence-corrected chi connectivity index (χ1v) is 4.63. The van der Waals surface area contributed by atoms with E-state index in [1.807, 2.05) is 20.8 Å². The summed E-state index contributed by atoms with van der Waals surface area (Å²) in [5.74, 6) is -0.248. The van der Waals surface area contributed by atoms with Crippen LogP contribution in [0.2, 0.25) is 0 Å². The van der Waals surface area contributed by atoms with Crippen LogP contribution in [-0.2, 0) is 9.53 Å². The molecule has 0 fully saturated rings. The first-order chi connectivity index (χ1) is 5.73. The number of allylic oxidation sites excluding steroid dienone is 1. The molecule has 2 heteroatoms. The van der Waals surface area contributed by atoms with Crippen LogP contribution in [0, 0.1) is 5.41 Å². The van der Waals surface area contributed by atoms with Crippen molar-refractivity contribution in [1.82, 2.24) is 0 Å². The summed E-state index contributed by atoms with van der Waals surface area (Å²) in [5, 5.41) is 0. The van der Waals surface area contributed by atoms with Gasteiger partial charge in [0.05, 0.1) is 6.10 Å². The highest BCUT2D eigenvalue weighted by Crippen LogP contribution is 2.24. The Balaban J connectivity index is 4.32. The molecule has 0 aliphatic carbocycles. The molecule has 0 unspecified atom stereocenters. The summed E-state index contributed by atoms with van der Waals surface area (Å²) >= 11 is 0. The van der Waals surface area contributed by atoms with Crippen LogP contribution in [0.4, 0.5) is 0 Å². The summed E-state index contributed by atoms with van der Waals surface area (Å²) in [4.78, 5) is 11.2. The predicted molar refractivity (Wildman–Crippen MR) is 54.4 cm³/mol. The molecule has 0 aromatic carbocycles. The maximum Gasteiger partial charge on any atom is 0.330 e. The lowest BCUT2D eigenvalue weighted by molar-refractivity contribution is -0.141. The zero-order valence-electron chi connectivity index (χ0n) is 9.47. The quantitative estimate of drug-likeness (QED) is 0.487. The number of hydrogen-bond donors (Lipinski definition) is 0. The molecule has 13 heavy (non-hydrogen) atoms. The Morgan fingerprint density at radius 3 is 2.08 bits per heavy atom. The molecule has 0 aliphatic rings. The molecule has 0 spiro atoms. The van der Waals surface area contributed by atoms with Crippen LogP contribution in [0.15, 0.2) is 11.6 Å². The van der Waals surface area contributed by atoms with E-state index in [1.165, 1.54) is 0 Å². The fraction of sp³-hybridized carbons (Fsp3) is 0.727. The molecule has 0 aromatic heterocycles. The topological polar surface area (TPSA) is 26.3 Å². The lowest BCUT2D eigenvalue weighted by atomic mass is 9.87. The van der Waals surface area contributed by atoms with Gasteiger partial charge in [0.2, 0.25) is 0 Å². The third-order valence-electron chi connectivity index (χ3n) is 1.87. The average molecular weight is 184 g/mol. The van der Waals surface area contributed by atoms with Gasteiger partial charge in [-0.1, -0.05) is 26.3 Å². The van der Waals surface area contributed by atoms with Crippen molar-refractivity contribution >= 4 is 5.97 Å². The lowest BCUT2D eigenvalue weighted by Gasteiger charge is -2.19. The zero-order chi connectivity index (χ0) is 10.6. The molecule has 0 saturated heterocycles. The van der Waals surface area contributed by atoms with E-state index < -0.39 is 0 Å². The molecule has 0 atom stereocenters. The first kappa shape index (κ1) is 12.2. The maximum atomic E-state index is 11.2. The molecule has 0 radical (unpaired) electrons. The summed E-state index contributed by atoms with van der Waals surface area (Å²) in [6.07, 6.45) is 1.52. The molecule has 0 N–H and O–H groups in total. The van der Waals surface area contributed by atoms with Crippen molar-refractivity contribution in [3.8, 4) is 0 Å². The van der Waals surface area contributed by atoms with Crippen LogP contribution in [-0.4, -0.2) is 12.1 Å². The first-order valence-electron chi connectivity index (χ1n) is 4.63. The summed E-state index contributed by atoms with van der Waals surface area (Å²) in [6, 6.07) is 0. The van der Waals surface area contributed by atoms with Gasteiger partial charge >= 0.3 is 5.97 Å². The van der Waals surface area contributed by atoms with Gasteiger partial charge in [-0.25, -0.2) is 4.79 Å². The van der Waals surface area contributed by atoms with Crippen LogP contribution in [0.25, 0.3) is 0 Å². The van der Waals surface area contributed by atoms with Crippen molar-refractivity contribution < 1.29 is 9.53 Å². The summed E-state index contributed by atoms with van der Waals surface area (Å²) in [7, 11) is 0. The predicted octanol–water partition coefficient (Wildman–Crippen LogP) is 2.93. The molecule has 0 rings (SSSR count). The van der Waals surface area contributed by atoms with Crippen LogP contribution in [0.1, 0.15) is 41.5 Å². The van der Waals surface area contributed by atoms with Crippen LogP contribution >= 0.6 is 0 Å². The third kappa shape index (κ3) is 5.45. The van der Waals surface area contributed by atoms with Crippen LogP contribution in [0.5, 0.6) is 0 Å². The molecular weight excluding hydrogens is 164 g/mol. The largest absolute Gasteiger partial charge is 0.460 e. The minimum absolute atomic E-state index is 0.0377. The highest BCUT2D eigenvalue weighted by Gasteiger charge is 2.14. The molecular formula is C11H20O2. The Labute approximate surface area is 81.0 Å². The Kier molecular flexibility index (Phi) is 4.18. The van der Waals surface area contributed by atoms with Crippen molar-refractivity contribution in [2.45, 2.75) is 47.6 Å². The summed E-state index contributed by atoms with van der Waals surface area (Å²) < 4.78 is 5.00. The number of esters is 1. The highest BCUT2D eigenvalue weighted by molar-refractivity contribution is 5.83. The van der Waals surface area contributed by atoms with Crippen LogP contribution < -0.4 is 0 Å². The number of carbonyl (C=O) groups excluding carboxylic acids is 1. The van der Waals surface area contributed by atoms with Gasteiger partial charge in [0.25, 0.3) is 0 Å². The normalized spacial score (nSPS) is 13.3. The monoisotopic (exact) mass is 184 g/mol. The second-order valence-corrected chi connectivity index (χ2v) is 4.56. The summed E-state index contributed by atoms with van der Waals surface area (Å²) in [6.45, 7) is 11.8. The van der Waals surface area contributed by atoms with Gasteiger partial charge in [0.15, 0.2) is 0 Å². The van der Waals surface area contributed by atoms with E-state index in [0.717, 1.165) is 5.57 Å². The number of ether oxygens (including phenoxy) is 1. The van der Waals surface area contributed by atoms with E-state index in [0.29, 0.717) is 0 Å². The Bertz CT molecular complexity index is 207. The second kappa shape index (κ2) is 4.45. The van der Waals surface area contributed by atoms with Gasteiger partial charge in [-0.15, -0.1) is 0 Å². The van der Waals surface area contributed by atoms with Crippen molar-refractivity contribution in [1.29, 1.82) is 0 Å². The van der Waals surface area contributed by atoms with E-state index in [2.05, 4.69) is 20.8 Å². The van der Waals surface area contributed by atoms with E-state index >= 15 is 0 Å². The molecule has 0 aromatic rings. The van der Waals surface area contributed by atoms with Crippen molar-refractivity contribution in [3.63, 3.8) is 0 Å². The van der Waals surface area contributed by atoms with Gasteiger partial charge < -0.3 is 4.74 Å². The molecule has 0 saturated carbocycles. The van der Waals surface area contributed by atoms with E-state index in [4.69, 9.17) is 4.74 Å². The van der Waals surface area contributed by atoms with E-state index in [9.17, 15) is 4.79 Å². The maximum absolute atomic E-state index is 11.2. The Morgan fingerprint density at radius 2 is 1.77 bits per heavy atom. The molecule has 2 nitrogen and oxygen atoms in total. The number of hydrogen-bond acceptors (Lipinski definition) is 2. The van der Waals surface area contributed by atoms with Crippen molar-refractivity contribution in [2.75, 3.05) is 0 Å². The third-order valence-corrected chi connectivity index (χ3v) is 1.87. The molecule has 0 aliphatic heterocycles. The molecule has 0 amide bonds. The minimum atomic E-state index is -0.248. The SMILES string of the molecule is CC(=CC(=O)OC(C)C)C(C)(C)C. The highest BCUT2D eigenvalue weighted by atomic mass is 16.5. The fourth-order valence-corrected chi connectivity index (χ4v) is 0.660. The smallest absolute Gasteiger partial charge is 0.330 e. The Morgan fingerprint density at radius 1 is 1.31 bits per heavy atom.